The maximum atomic E-state index is 14.2. The van der Waals surface area contributed by atoms with Gasteiger partial charge in [0.2, 0.25) is 17.6 Å². The van der Waals surface area contributed by atoms with Crippen LogP contribution in [0.4, 0.5) is 4.79 Å². The summed E-state index contributed by atoms with van der Waals surface area (Å²) < 4.78 is 11.6. The summed E-state index contributed by atoms with van der Waals surface area (Å²) in [6, 6.07) is 2.61. The van der Waals surface area contributed by atoms with Crippen LogP contribution in [0.25, 0.3) is 11.4 Å². The molecule has 1 aromatic heterocycles. The molecule has 3 heterocycles. The Bertz CT molecular complexity index is 1560. The van der Waals surface area contributed by atoms with Crippen LogP contribution in [0.15, 0.2) is 34.8 Å². The smallest absolute Gasteiger partial charge is 0.408 e. The van der Waals surface area contributed by atoms with Crippen molar-refractivity contribution >= 4 is 39.8 Å². The topological polar surface area (TPSA) is 198 Å². The van der Waals surface area contributed by atoms with Crippen LogP contribution in [0.2, 0.25) is 0 Å². The van der Waals surface area contributed by atoms with Gasteiger partial charge in [0, 0.05) is 24.4 Å². The highest BCUT2D eigenvalue weighted by atomic mass is 79.9. The number of carboxylic acid groups (broad SMARTS) is 1. The van der Waals surface area contributed by atoms with Gasteiger partial charge in [0.15, 0.2) is 0 Å². The van der Waals surface area contributed by atoms with Crippen molar-refractivity contribution in [3.05, 3.63) is 34.8 Å². The molecule has 1 aliphatic carbocycles. The molecule has 0 radical (unpaired) electrons. The van der Waals surface area contributed by atoms with Crippen LogP contribution in [0, 0.1) is 5.92 Å². The Hall–Kier alpha value is -4.05. The number of aromatic nitrogens is 4. The fourth-order valence-electron chi connectivity index (χ4n) is 6.10. The quantitative estimate of drug-likeness (QED) is 0.306. The number of carbonyl (C=O) groups is 4. The number of halogens is 1. The van der Waals surface area contributed by atoms with Gasteiger partial charge in [0.05, 0.1) is 17.1 Å². The number of aliphatic hydroxyl groups is 1. The van der Waals surface area contributed by atoms with Crippen LogP contribution in [-0.4, -0.2) is 102 Å². The third-order valence-electron chi connectivity index (χ3n) is 8.62. The Morgan fingerprint density at radius 3 is 2.71 bits per heavy atom. The Morgan fingerprint density at radius 1 is 1.21 bits per heavy atom. The second kappa shape index (κ2) is 14.6. The van der Waals surface area contributed by atoms with Crippen molar-refractivity contribution in [1.82, 2.24) is 35.7 Å². The number of aliphatic hydroxyl groups excluding tert-OH is 1. The van der Waals surface area contributed by atoms with E-state index < -0.39 is 53.1 Å². The van der Waals surface area contributed by atoms with Gasteiger partial charge in [-0.2, -0.15) is 4.80 Å². The molecule has 15 nitrogen and oxygen atoms in total. The molecule has 1 saturated heterocycles. The second-order valence-electron chi connectivity index (χ2n) is 13.4. The van der Waals surface area contributed by atoms with Crippen LogP contribution in [0.3, 0.4) is 0 Å². The van der Waals surface area contributed by atoms with E-state index in [2.05, 4.69) is 42.0 Å². The Morgan fingerprint density at radius 2 is 2.00 bits per heavy atom. The largest absolute Gasteiger partial charge is 0.490 e. The molecule has 48 heavy (non-hydrogen) atoms. The van der Waals surface area contributed by atoms with E-state index in [0.29, 0.717) is 34.5 Å². The lowest BCUT2D eigenvalue weighted by Gasteiger charge is -2.30. The van der Waals surface area contributed by atoms with E-state index >= 15 is 0 Å². The number of allylic oxidation sites excluding steroid dienone is 1. The summed E-state index contributed by atoms with van der Waals surface area (Å²) in [4.78, 5) is 56.0. The molecule has 2 aromatic rings. The zero-order valence-corrected chi connectivity index (χ0v) is 28.8. The number of alkyl carbamates (subject to hydrolysis) is 1. The van der Waals surface area contributed by atoms with Gasteiger partial charge < -0.3 is 35.2 Å². The molecular formula is C32H42BrN7O8. The van der Waals surface area contributed by atoms with E-state index in [9.17, 15) is 24.3 Å². The third-order valence-corrected chi connectivity index (χ3v) is 9.24. The first-order chi connectivity index (χ1) is 22.8. The second-order valence-corrected chi connectivity index (χ2v) is 14.2. The Labute approximate surface area is 286 Å². The van der Waals surface area contributed by atoms with Crippen molar-refractivity contribution in [2.24, 2.45) is 5.92 Å². The lowest BCUT2D eigenvalue weighted by Crippen LogP contribution is -2.56. The molecule has 0 bridgehead atoms. The average Bonchev–Trinajstić information content (AvgIpc) is 3.32. The number of nitrogens with one attached hydrogen (secondary N) is 2. The minimum atomic E-state index is -1.45. The number of amides is 3. The number of carboxylic acids is 1. The number of benzene rings is 1. The predicted molar refractivity (Wildman–Crippen MR) is 175 cm³/mol. The third kappa shape index (κ3) is 8.14. The number of carbonyl (C=O) groups excluding carboxylic acids is 3. The van der Waals surface area contributed by atoms with E-state index in [0.717, 1.165) is 19.3 Å². The fourth-order valence-corrected chi connectivity index (χ4v) is 6.60. The van der Waals surface area contributed by atoms with E-state index in [1.54, 1.807) is 39.0 Å². The highest BCUT2D eigenvalue weighted by Crippen LogP contribution is 2.45. The summed E-state index contributed by atoms with van der Waals surface area (Å²) in [6.45, 7) is 5.22. The van der Waals surface area contributed by atoms with Crippen molar-refractivity contribution < 1.29 is 38.9 Å². The molecule has 0 spiro atoms. The van der Waals surface area contributed by atoms with E-state index in [4.69, 9.17) is 14.6 Å². The van der Waals surface area contributed by atoms with Gasteiger partial charge in [0.25, 0.3) is 0 Å². The van der Waals surface area contributed by atoms with Crippen molar-refractivity contribution in [2.75, 3.05) is 19.8 Å². The molecule has 2 aliphatic heterocycles. The van der Waals surface area contributed by atoms with Gasteiger partial charge in [-0.15, -0.1) is 10.2 Å². The van der Waals surface area contributed by atoms with Gasteiger partial charge in [0.1, 0.15) is 35.6 Å². The number of nitrogens with zero attached hydrogens (tertiary/aromatic N) is 5. The first-order valence-corrected chi connectivity index (χ1v) is 17.0. The lowest BCUT2D eigenvalue weighted by molar-refractivity contribution is -0.145. The molecule has 1 aromatic carbocycles. The maximum Gasteiger partial charge on any atom is 0.408 e. The highest BCUT2D eigenvalue weighted by Gasteiger charge is 2.61. The van der Waals surface area contributed by atoms with E-state index in [1.165, 1.54) is 9.70 Å². The number of ether oxygens (including phenoxy) is 2. The SMILES string of the molecule is CC(C)(C)OC(=O)N[C@@H]1CCCCCC=C[C@@H]2C[C@]2(C(=O)O)NC(=O)[C@@H]2C[C@H](n3nnc(-c4ccc(OCCO)c(Br)c4)n3)CN2C1=O. The summed E-state index contributed by atoms with van der Waals surface area (Å²) in [5.74, 6) is -1.73. The summed E-state index contributed by atoms with van der Waals surface area (Å²) in [6.07, 6.45) is 6.73. The number of fused-ring (bicyclic) bond motifs is 2. The zero-order chi connectivity index (χ0) is 34.6. The molecule has 260 valence electrons. The standard InChI is InChI=1S/C32H42BrN7O8/c1-31(2,3)48-30(46)34-23-10-8-6-4-5-7-9-20-17-32(20,29(44)45)35-27(42)24-16-21(18-39(24)28(23)43)40-37-26(36-38-40)19-11-12-25(22(33)15-19)47-14-13-41/h7,9,11-12,15,20-21,23-24,41H,4-6,8,10,13-14,16-18H2,1-3H3,(H,34,46)(H,35,42)(H,44,45)/t20-,21+,23-,24+,32+/m1/s1. The summed E-state index contributed by atoms with van der Waals surface area (Å²) in [5.41, 5.74) is -1.61. The molecule has 3 aliphatic rings. The minimum Gasteiger partial charge on any atom is -0.490 e. The lowest BCUT2D eigenvalue weighted by atomic mass is 10.0. The minimum absolute atomic E-state index is 0.0280. The van der Waals surface area contributed by atoms with Gasteiger partial charge in [-0.25, -0.2) is 9.59 Å². The number of rotatable bonds is 7. The van der Waals surface area contributed by atoms with Crippen molar-refractivity contribution in [3.63, 3.8) is 0 Å². The summed E-state index contributed by atoms with van der Waals surface area (Å²) in [5, 5.41) is 37.6. The molecule has 0 unspecified atom stereocenters. The van der Waals surface area contributed by atoms with E-state index in [-0.39, 0.29) is 38.5 Å². The van der Waals surface area contributed by atoms with Gasteiger partial charge in [-0.1, -0.05) is 25.0 Å². The highest BCUT2D eigenvalue weighted by molar-refractivity contribution is 9.10. The van der Waals surface area contributed by atoms with Crippen molar-refractivity contribution in [2.45, 2.75) is 95.0 Å². The summed E-state index contributed by atoms with van der Waals surface area (Å²) >= 11 is 3.45. The molecule has 4 N–H and O–H groups in total. The number of hydrogen-bond donors (Lipinski definition) is 4. The van der Waals surface area contributed by atoms with Gasteiger partial charge >= 0.3 is 12.1 Å². The van der Waals surface area contributed by atoms with Crippen molar-refractivity contribution in [1.29, 1.82) is 0 Å². The number of hydrogen-bond acceptors (Lipinski definition) is 10. The van der Waals surface area contributed by atoms with Crippen LogP contribution in [0.5, 0.6) is 5.75 Å². The Kier molecular flexibility index (Phi) is 10.7. The molecule has 5 rings (SSSR count). The number of aliphatic carboxylic acids is 1. The predicted octanol–water partition coefficient (Wildman–Crippen LogP) is 2.99. The van der Waals surface area contributed by atoms with Crippen LogP contribution in [-0.2, 0) is 19.1 Å². The van der Waals surface area contributed by atoms with Gasteiger partial charge in [-0.05, 0) is 85.8 Å². The average molecular weight is 733 g/mol. The molecule has 2 fully saturated rings. The Balaban J connectivity index is 1.42. The first kappa shape index (κ1) is 35.3. The molecular weight excluding hydrogens is 690 g/mol. The molecule has 1 saturated carbocycles. The van der Waals surface area contributed by atoms with Crippen LogP contribution < -0.4 is 15.4 Å². The maximum absolute atomic E-state index is 14.2. The molecule has 3 amide bonds. The molecule has 5 atom stereocenters. The summed E-state index contributed by atoms with van der Waals surface area (Å²) in [7, 11) is 0. The monoisotopic (exact) mass is 731 g/mol. The zero-order valence-electron chi connectivity index (χ0n) is 27.2. The fraction of sp³-hybridized carbons (Fsp3) is 0.594. The normalized spacial score (nSPS) is 26.4. The van der Waals surface area contributed by atoms with Crippen LogP contribution in [0.1, 0.15) is 71.8 Å². The number of tetrazole rings is 1. The van der Waals surface area contributed by atoms with E-state index in [1.807, 2.05) is 12.2 Å². The van der Waals surface area contributed by atoms with Crippen molar-refractivity contribution in [3.8, 4) is 17.1 Å². The molecule has 16 heteroatoms. The van der Waals surface area contributed by atoms with Gasteiger partial charge in [-0.3, -0.25) is 9.59 Å². The van der Waals surface area contributed by atoms with Crippen LogP contribution >= 0.6 is 15.9 Å². The first-order valence-electron chi connectivity index (χ1n) is 16.2.